The molecule has 2 aliphatic heterocycles. The zero-order chi connectivity index (χ0) is 12.2. The SMILES string of the molecule is c1cc(CCN2CCCCC2C2CCCN2)cs1. The standard InChI is InChI=1S/C15H24N2S/c1-2-9-17(10-6-13-7-11-18-12-13)15(5-1)14-4-3-8-16-14/h7,11-12,14-16H,1-6,8-10H2. The van der Waals surface area contributed by atoms with Crippen molar-refractivity contribution in [2.75, 3.05) is 19.6 Å². The summed E-state index contributed by atoms with van der Waals surface area (Å²) in [6.07, 6.45) is 8.22. The summed E-state index contributed by atoms with van der Waals surface area (Å²) in [4.78, 5) is 2.75. The first-order valence-corrected chi connectivity index (χ1v) is 8.36. The van der Waals surface area contributed by atoms with Gasteiger partial charge in [0.2, 0.25) is 0 Å². The number of nitrogens with one attached hydrogen (secondary N) is 1. The summed E-state index contributed by atoms with van der Waals surface area (Å²) in [5.41, 5.74) is 1.52. The number of likely N-dealkylation sites (tertiary alicyclic amines) is 1. The maximum atomic E-state index is 3.71. The van der Waals surface area contributed by atoms with Crippen molar-refractivity contribution in [1.29, 1.82) is 0 Å². The Morgan fingerprint density at radius 3 is 3.06 bits per heavy atom. The topological polar surface area (TPSA) is 15.3 Å². The summed E-state index contributed by atoms with van der Waals surface area (Å²) in [7, 11) is 0. The van der Waals surface area contributed by atoms with Crippen LogP contribution in [0.1, 0.15) is 37.7 Å². The molecule has 0 bridgehead atoms. The Hall–Kier alpha value is -0.380. The highest BCUT2D eigenvalue weighted by atomic mass is 32.1. The molecule has 2 nitrogen and oxygen atoms in total. The van der Waals surface area contributed by atoms with Crippen LogP contribution in [0.15, 0.2) is 16.8 Å². The van der Waals surface area contributed by atoms with Crippen LogP contribution >= 0.6 is 11.3 Å². The van der Waals surface area contributed by atoms with E-state index in [1.807, 2.05) is 11.3 Å². The molecule has 1 aromatic heterocycles. The van der Waals surface area contributed by atoms with Crippen molar-refractivity contribution in [2.24, 2.45) is 0 Å². The lowest BCUT2D eigenvalue weighted by molar-refractivity contribution is 0.121. The largest absolute Gasteiger partial charge is 0.312 e. The Kier molecular flexibility index (Phi) is 4.34. The van der Waals surface area contributed by atoms with Gasteiger partial charge in [-0.25, -0.2) is 0 Å². The first-order chi connectivity index (χ1) is 8.93. The van der Waals surface area contributed by atoms with Crippen molar-refractivity contribution in [2.45, 2.75) is 50.6 Å². The molecule has 2 atom stereocenters. The van der Waals surface area contributed by atoms with Gasteiger partial charge in [0, 0.05) is 18.6 Å². The predicted octanol–water partition coefficient (Wildman–Crippen LogP) is 2.90. The minimum atomic E-state index is 0.771. The maximum absolute atomic E-state index is 3.71. The van der Waals surface area contributed by atoms with Crippen molar-refractivity contribution in [3.63, 3.8) is 0 Å². The number of hydrogen-bond donors (Lipinski definition) is 1. The molecule has 0 amide bonds. The minimum Gasteiger partial charge on any atom is -0.312 e. The normalized spacial score (nSPS) is 29.8. The molecular formula is C15H24N2S. The molecule has 100 valence electrons. The zero-order valence-electron chi connectivity index (χ0n) is 11.1. The fraction of sp³-hybridized carbons (Fsp3) is 0.733. The third-order valence-electron chi connectivity index (χ3n) is 4.49. The van der Waals surface area contributed by atoms with Gasteiger partial charge in [0.25, 0.3) is 0 Å². The summed E-state index contributed by atoms with van der Waals surface area (Å²) < 4.78 is 0. The van der Waals surface area contributed by atoms with Gasteiger partial charge in [-0.05, 0) is 67.6 Å². The van der Waals surface area contributed by atoms with Gasteiger partial charge in [0.1, 0.15) is 0 Å². The molecule has 2 unspecified atom stereocenters. The maximum Gasteiger partial charge on any atom is 0.0249 e. The summed E-state index contributed by atoms with van der Waals surface area (Å²) in [6.45, 7) is 3.80. The average molecular weight is 264 g/mol. The van der Waals surface area contributed by atoms with Gasteiger partial charge < -0.3 is 5.32 Å². The van der Waals surface area contributed by atoms with Crippen LogP contribution in [-0.2, 0) is 6.42 Å². The van der Waals surface area contributed by atoms with Crippen LogP contribution in [0.25, 0.3) is 0 Å². The molecule has 1 N–H and O–H groups in total. The second-order valence-corrected chi connectivity index (χ2v) is 6.46. The number of rotatable bonds is 4. The smallest absolute Gasteiger partial charge is 0.0249 e. The van der Waals surface area contributed by atoms with Crippen LogP contribution in [0.2, 0.25) is 0 Å². The van der Waals surface area contributed by atoms with Gasteiger partial charge in [-0.1, -0.05) is 6.42 Å². The quantitative estimate of drug-likeness (QED) is 0.899. The van der Waals surface area contributed by atoms with E-state index in [-0.39, 0.29) is 0 Å². The van der Waals surface area contributed by atoms with E-state index in [2.05, 4.69) is 27.0 Å². The van der Waals surface area contributed by atoms with E-state index in [0.717, 1.165) is 12.1 Å². The number of piperidine rings is 1. The van der Waals surface area contributed by atoms with E-state index >= 15 is 0 Å². The third-order valence-corrected chi connectivity index (χ3v) is 5.23. The Morgan fingerprint density at radius 2 is 2.28 bits per heavy atom. The molecule has 0 aromatic carbocycles. The first-order valence-electron chi connectivity index (χ1n) is 7.42. The molecule has 2 fully saturated rings. The van der Waals surface area contributed by atoms with Gasteiger partial charge in [-0.2, -0.15) is 11.3 Å². The Bertz CT molecular complexity index is 343. The lowest BCUT2D eigenvalue weighted by Gasteiger charge is -2.39. The molecule has 0 saturated carbocycles. The molecule has 3 heterocycles. The van der Waals surface area contributed by atoms with E-state index in [9.17, 15) is 0 Å². The van der Waals surface area contributed by atoms with Crippen LogP contribution in [0, 0.1) is 0 Å². The van der Waals surface area contributed by atoms with Crippen LogP contribution in [0.3, 0.4) is 0 Å². The zero-order valence-corrected chi connectivity index (χ0v) is 11.9. The highest BCUT2D eigenvalue weighted by Crippen LogP contribution is 2.24. The van der Waals surface area contributed by atoms with Crippen LogP contribution in [-0.4, -0.2) is 36.6 Å². The van der Waals surface area contributed by atoms with Gasteiger partial charge >= 0.3 is 0 Å². The van der Waals surface area contributed by atoms with Crippen LogP contribution < -0.4 is 5.32 Å². The first kappa shape index (κ1) is 12.6. The highest BCUT2D eigenvalue weighted by Gasteiger charge is 2.30. The van der Waals surface area contributed by atoms with E-state index < -0.39 is 0 Å². The fourth-order valence-electron chi connectivity index (χ4n) is 3.50. The van der Waals surface area contributed by atoms with Crippen LogP contribution in [0.4, 0.5) is 0 Å². The van der Waals surface area contributed by atoms with Crippen molar-refractivity contribution in [3.05, 3.63) is 22.4 Å². The average Bonchev–Trinajstić information content (AvgIpc) is 3.10. The summed E-state index contributed by atoms with van der Waals surface area (Å²) in [5.74, 6) is 0. The molecule has 2 saturated heterocycles. The summed E-state index contributed by atoms with van der Waals surface area (Å²) in [6, 6.07) is 3.85. The van der Waals surface area contributed by atoms with Crippen molar-refractivity contribution >= 4 is 11.3 Å². The molecule has 0 aliphatic carbocycles. The molecule has 3 heteroatoms. The highest BCUT2D eigenvalue weighted by molar-refractivity contribution is 7.07. The predicted molar refractivity (Wildman–Crippen MR) is 78.3 cm³/mol. The molecule has 2 aliphatic rings. The van der Waals surface area contributed by atoms with Crippen molar-refractivity contribution < 1.29 is 0 Å². The fourth-order valence-corrected chi connectivity index (χ4v) is 4.20. The van der Waals surface area contributed by atoms with Gasteiger partial charge in [0.15, 0.2) is 0 Å². The summed E-state index contributed by atoms with van der Waals surface area (Å²) >= 11 is 1.82. The van der Waals surface area contributed by atoms with E-state index in [1.54, 1.807) is 0 Å². The lowest BCUT2D eigenvalue weighted by atomic mass is 9.94. The van der Waals surface area contributed by atoms with Crippen molar-refractivity contribution in [3.8, 4) is 0 Å². The van der Waals surface area contributed by atoms with E-state index in [4.69, 9.17) is 0 Å². The molecule has 0 spiro atoms. The second-order valence-electron chi connectivity index (χ2n) is 5.68. The molecule has 18 heavy (non-hydrogen) atoms. The minimum absolute atomic E-state index is 0.771. The summed E-state index contributed by atoms with van der Waals surface area (Å²) in [5, 5.41) is 8.20. The Balaban J connectivity index is 1.57. The lowest BCUT2D eigenvalue weighted by Crippen LogP contribution is -2.50. The Labute approximate surface area is 114 Å². The molecule has 0 radical (unpaired) electrons. The van der Waals surface area contributed by atoms with Gasteiger partial charge in [-0.3, -0.25) is 4.90 Å². The van der Waals surface area contributed by atoms with Crippen LogP contribution in [0.5, 0.6) is 0 Å². The molecule has 3 rings (SSSR count). The van der Waals surface area contributed by atoms with Gasteiger partial charge in [-0.15, -0.1) is 0 Å². The Morgan fingerprint density at radius 1 is 1.28 bits per heavy atom. The second kappa shape index (κ2) is 6.18. The number of nitrogens with zero attached hydrogens (tertiary/aromatic N) is 1. The third kappa shape index (κ3) is 2.95. The van der Waals surface area contributed by atoms with Crippen molar-refractivity contribution in [1.82, 2.24) is 10.2 Å². The van der Waals surface area contributed by atoms with Gasteiger partial charge in [0.05, 0.1) is 0 Å². The number of thiophene rings is 1. The monoisotopic (exact) mass is 264 g/mol. The number of hydrogen-bond acceptors (Lipinski definition) is 3. The van der Waals surface area contributed by atoms with E-state index in [1.165, 1.54) is 63.7 Å². The van der Waals surface area contributed by atoms with E-state index in [0.29, 0.717) is 0 Å². The molecular weight excluding hydrogens is 240 g/mol. The molecule has 1 aromatic rings.